The molecule has 27 heavy (non-hydrogen) atoms. The number of halogens is 1. The minimum absolute atomic E-state index is 0.675. The fourth-order valence-corrected chi connectivity index (χ4v) is 3.80. The lowest BCUT2D eigenvalue weighted by Crippen LogP contribution is -2.40. The van der Waals surface area contributed by atoms with E-state index >= 15 is 0 Å². The van der Waals surface area contributed by atoms with Crippen LogP contribution in [0, 0.1) is 0 Å². The van der Waals surface area contributed by atoms with Crippen LogP contribution in [0.5, 0.6) is 0 Å². The first-order valence-electron chi connectivity index (χ1n) is 9.07. The minimum Gasteiger partial charge on any atom is -0.378 e. The summed E-state index contributed by atoms with van der Waals surface area (Å²) in [5, 5.41) is 3.47. The summed E-state index contributed by atoms with van der Waals surface area (Å²) in [6.45, 7) is 4.70. The van der Waals surface area contributed by atoms with Gasteiger partial charge in [0, 0.05) is 68.9 Å². The van der Waals surface area contributed by atoms with Gasteiger partial charge in [-0.3, -0.25) is 4.99 Å². The van der Waals surface area contributed by atoms with Crippen molar-refractivity contribution in [1.29, 1.82) is 0 Å². The number of nitrogens with one attached hydrogen (secondary N) is 1. The van der Waals surface area contributed by atoms with E-state index in [4.69, 9.17) is 4.74 Å². The van der Waals surface area contributed by atoms with Crippen molar-refractivity contribution in [2.45, 2.75) is 13.1 Å². The van der Waals surface area contributed by atoms with Crippen molar-refractivity contribution in [2.75, 3.05) is 45.3 Å². The molecule has 0 unspecified atom stereocenters. The van der Waals surface area contributed by atoms with E-state index in [2.05, 4.69) is 63.9 Å². The summed E-state index contributed by atoms with van der Waals surface area (Å²) in [6, 6.07) is 6.22. The number of hydrogen-bond acceptors (Lipinski definition) is 4. The Morgan fingerprint density at radius 3 is 2.85 bits per heavy atom. The molecular formula is C19H27BrN6O. The van der Waals surface area contributed by atoms with Gasteiger partial charge in [0.15, 0.2) is 5.96 Å². The van der Waals surface area contributed by atoms with Gasteiger partial charge in [-0.25, -0.2) is 4.98 Å². The smallest absolute Gasteiger partial charge is 0.194 e. The number of guanidine groups is 1. The van der Waals surface area contributed by atoms with Gasteiger partial charge in [-0.05, 0) is 28.1 Å². The number of aliphatic imine (C=N–C) groups is 1. The average Bonchev–Trinajstić information content (AvgIpc) is 3.00. The Balaban J connectivity index is 1.65. The Morgan fingerprint density at radius 1 is 1.41 bits per heavy atom. The fourth-order valence-electron chi connectivity index (χ4n) is 3.23. The molecule has 2 aromatic rings. The highest BCUT2D eigenvalue weighted by atomic mass is 79.9. The van der Waals surface area contributed by atoms with Gasteiger partial charge in [-0.1, -0.05) is 6.07 Å². The molecule has 0 radical (unpaired) electrons. The van der Waals surface area contributed by atoms with Crippen LogP contribution in [0.1, 0.15) is 11.3 Å². The fraction of sp³-hybridized carbons (Fsp3) is 0.474. The van der Waals surface area contributed by atoms with Gasteiger partial charge >= 0.3 is 0 Å². The van der Waals surface area contributed by atoms with E-state index in [1.165, 1.54) is 5.69 Å². The first kappa shape index (κ1) is 19.7. The SMILES string of the molecule is CN=C(NCc1cccnc1N1CCOCC1)N(C)Cc1cc(Br)cn1C. The third-order valence-corrected chi connectivity index (χ3v) is 5.10. The number of anilines is 1. The quantitative estimate of drug-likeness (QED) is 0.577. The molecule has 2 aromatic heterocycles. The van der Waals surface area contributed by atoms with E-state index in [-0.39, 0.29) is 0 Å². The van der Waals surface area contributed by atoms with Gasteiger partial charge in [-0.2, -0.15) is 0 Å². The standard InChI is InChI=1S/C19H27BrN6O/c1-21-19(25(3)14-17-11-16(20)13-24(17)2)23-12-15-5-4-6-22-18(15)26-7-9-27-10-8-26/h4-6,11,13H,7-10,12,14H2,1-3H3,(H,21,23). The number of ether oxygens (including phenoxy) is 1. The van der Waals surface area contributed by atoms with Gasteiger partial charge in [0.25, 0.3) is 0 Å². The number of aromatic nitrogens is 2. The summed E-state index contributed by atoms with van der Waals surface area (Å²) >= 11 is 3.53. The lowest BCUT2D eigenvalue weighted by Gasteiger charge is -2.30. The van der Waals surface area contributed by atoms with Gasteiger partial charge < -0.3 is 24.4 Å². The molecule has 3 rings (SSSR count). The van der Waals surface area contributed by atoms with Crippen LogP contribution in [-0.2, 0) is 24.9 Å². The monoisotopic (exact) mass is 434 g/mol. The maximum atomic E-state index is 5.46. The molecule has 146 valence electrons. The van der Waals surface area contributed by atoms with Crippen molar-refractivity contribution in [3.05, 3.63) is 46.3 Å². The minimum atomic E-state index is 0.675. The molecule has 1 aliphatic heterocycles. The Labute approximate surface area is 169 Å². The average molecular weight is 435 g/mol. The molecule has 0 bridgehead atoms. The van der Waals surface area contributed by atoms with Gasteiger partial charge in [-0.15, -0.1) is 0 Å². The van der Waals surface area contributed by atoms with E-state index in [0.717, 1.165) is 54.7 Å². The summed E-state index contributed by atoms with van der Waals surface area (Å²) in [7, 11) is 5.91. The van der Waals surface area contributed by atoms with Gasteiger partial charge in [0.05, 0.1) is 19.8 Å². The third kappa shape index (κ3) is 5.01. The number of pyridine rings is 1. The Kier molecular flexibility index (Phi) is 6.73. The van der Waals surface area contributed by atoms with Crippen LogP contribution >= 0.6 is 15.9 Å². The van der Waals surface area contributed by atoms with E-state index in [1.807, 2.05) is 33.4 Å². The van der Waals surface area contributed by atoms with Crippen LogP contribution in [0.4, 0.5) is 5.82 Å². The van der Waals surface area contributed by atoms with Crippen molar-refractivity contribution in [3.8, 4) is 0 Å². The Hall–Kier alpha value is -2.06. The van der Waals surface area contributed by atoms with Crippen molar-refractivity contribution in [1.82, 2.24) is 19.8 Å². The number of morpholine rings is 1. The maximum Gasteiger partial charge on any atom is 0.194 e. The number of nitrogens with zero attached hydrogens (tertiary/aromatic N) is 5. The van der Waals surface area contributed by atoms with Crippen molar-refractivity contribution < 1.29 is 4.74 Å². The van der Waals surface area contributed by atoms with Crippen molar-refractivity contribution in [3.63, 3.8) is 0 Å². The molecule has 0 atom stereocenters. The summed E-state index contributed by atoms with van der Waals surface area (Å²) in [4.78, 5) is 13.4. The molecule has 7 nitrogen and oxygen atoms in total. The molecule has 1 saturated heterocycles. The highest BCUT2D eigenvalue weighted by Gasteiger charge is 2.16. The van der Waals surface area contributed by atoms with Crippen LogP contribution < -0.4 is 10.2 Å². The summed E-state index contributed by atoms with van der Waals surface area (Å²) in [6.07, 6.45) is 3.91. The zero-order valence-electron chi connectivity index (χ0n) is 16.2. The van der Waals surface area contributed by atoms with Crippen molar-refractivity contribution in [2.24, 2.45) is 12.0 Å². The van der Waals surface area contributed by atoms with Crippen LogP contribution in [0.25, 0.3) is 0 Å². The number of rotatable bonds is 5. The molecule has 0 aromatic carbocycles. The van der Waals surface area contributed by atoms with Crippen LogP contribution in [0.2, 0.25) is 0 Å². The first-order chi connectivity index (χ1) is 13.1. The summed E-state index contributed by atoms with van der Waals surface area (Å²) < 4.78 is 8.66. The first-order valence-corrected chi connectivity index (χ1v) is 9.87. The molecule has 0 amide bonds. The lowest BCUT2D eigenvalue weighted by atomic mass is 10.2. The van der Waals surface area contributed by atoms with E-state index < -0.39 is 0 Å². The third-order valence-electron chi connectivity index (χ3n) is 4.66. The van der Waals surface area contributed by atoms with Crippen LogP contribution in [0.3, 0.4) is 0 Å². The van der Waals surface area contributed by atoms with E-state index in [9.17, 15) is 0 Å². The second-order valence-electron chi connectivity index (χ2n) is 6.60. The predicted octanol–water partition coefficient (Wildman–Crippen LogP) is 2.23. The second-order valence-corrected chi connectivity index (χ2v) is 7.52. The normalized spacial score (nSPS) is 15.1. The van der Waals surface area contributed by atoms with Crippen LogP contribution in [0.15, 0.2) is 40.1 Å². The molecule has 0 aliphatic carbocycles. The predicted molar refractivity (Wildman–Crippen MR) is 112 cm³/mol. The van der Waals surface area contributed by atoms with Gasteiger partial charge in [0.2, 0.25) is 0 Å². The summed E-state index contributed by atoms with van der Waals surface area (Å²) in [5.74, 6) is 1.88. The highest BCUT2D eigenvalue weighted by molar-refractivity contribution is 9.10. The zero-order chi connectivity index (χ0) is 19.2. The second kappa shape index (κ2) is 9.23. The Bertz CT molecular complexity index is 784. The largest absolute Gasteiger partial charge is 0.378 e. The number of hydrogen-bond donors (Lipinski definition) is 1. The molecule has 3 heterocycles. The van der Waals surface area contributed by atoms with E-state index in [1.54, 1.807) is 0 Å². The molecule has 0 saturated carbocycles. The Morgan fingerprint density at radius 2 is 2.19 bits per heavy atom. The van der Waals surface area contributed by atoms with Crippen molar-refractivity contribution >= 4 is 27.7 Å². The topological polar surface area (TPSA) is 57.9 Å². The highest BCUT2D eigenvalue weighted by Crippen LogP contribution is 2.19. The molecule has 8 heteroatoms. The maximum absolute atomic E-state index is 5.46. The van der Waals surface area contributed by atoms with E-state index in [0.29, 0.717) is 6.54 Å². The molecule has 1 fully saturated rings. The van der Waals surface area contributed by atoms with Crippen LogP contribution in [-0.4, -0.2) is 60.8 Å². The lowest BCUT2D eigenvalue weighted by molar-refractivity contribution is 0.122. The summed E-state index contributed by atoms with van der Waals surface area (Å²) in [5.41, 5.74) is 2.37. The molecule has 1 N–H and O–H groups in total. The molecule has 0 spiro atoms. The van der Waals surface area contributed by atoms with Gasteiger partial charge in [0.1, 0.15) is 5.82 Å². The zero-order valence-corrected chi connectivity index (χ0v) is 17.7. The number of aryl methyl sites for hydroxylation is 1. The molecule has 1 aliphatic rings. The molecular weight excluding hydrogens is 408 g/mol.